The van der Waals surface area contributed by atoms with E-state index in [1.54, 1.807) is 0 Å². The van der Waals surface area contributed by atoms with Gasteiger partial charge in [0.05, 0.1) is 13.2 Å². The molecule has 0 amide bonds. The van der Waals surface area contributed by atoms with E-state index in [0.29, 0.717) is 25.0 Å². The van der Waals surface area contributed by atoms with Gasteiger partial charge in [-0.15, -0.1) is 0 Å². The number of carboxylic acid groups (broad SMARTS) is 1. The van der Waals surface area contributed by atoms with Crippen molar-refractivity contribution in [3.05, 3.63) is 11.6 Å². The fraction of sp³-hybridized carbons (Fsp3) is 0.750. The molecule has 3 aliphatic rings. The lowest BCUT2D eigenvalue weighted by Gasteiger charge is -2.22. The molecule has 0 aromatic rings. The molecule has 2 aliphatic carbocycles. The predicted molar refractivity (Wildman–Crippen MR) is 55.8 cm³/mol. The molecule has 1 heterocycles. The predicted octanol–water partition coefficient (Wildman–Crippen LogP) is 1.56. The third kappa shape index (κ3) is 1.66. The van der Waals surface area contributed by atoms with Gasteiger partial charge in [-0.25, -0.2) is 4.79 Å². The second-order valence-electron chi connectivity index (χ2n) is 5.09. The van der Waals surface area contributed by atoms with Crippen molar-refractivity contribution in [3.63, 3.8) is 0 Å². The lowest BCUT2D eigenvalue weighted by atomic mass is 10.0. The SMILES string of the molecule is O=C(O)C=C1C[C@@H]2CC3(C[C@@H]2C1)OCCO3. The van der Waals surface area contributed by atoms with E-state index in [2.05, 4.69) is 0 Å². The Hall–Kier alpha value is -0.870. The van der Waals surface area contributed by atoms with E-state index in [9.17, 15) is 4.79 Å². The van der Waals surface area contributed by atoms with Crippen LogP contribution in [0.2, 0.25) is 0 Å². The van der Waals surface area contributed by atoms with Gasteiger partial charge in [0.15, 0.2) is 5.79 Å². The molecule has 3 rings (SSSR count). The summed E-state index contributed by atoms with van der Waals surface area (Å²) in [5.41, 5.74) is 1.08. The highest BCUT2D eigenvalue weighted by Gasteiger charge is 2.51. The van der Waals surface area contributed by atoms with Gasteiger partial charge in [-0.1, -0.05) is 5.57 Å². The summed E-state index contributed by atoms with van der Waals surface area (Å²) in [6, 6.07) is 0. The van der Waals surface area contributed by atoms with Crippen molar-refractivity contribution in [2.24, 2.45) is 11.8 Å². The summed E-state index contributed by atoms with van der Waals surface area (Å²) in [6.45, 7) is 1.41. The number of carboxylic acids is 1. The van der Waals surface area contributed by atoms with Gasteiger partial charge in [0, 0.05) is 18.9 Å². The molecule has 1 spiro atoms. The molecule has 88 valence electrons. The lowest BCUT2D eigenvalue weighted by molar-refractivity contribution is -0.154. The number of aliphatic carboxylic acids is 1. The molecule has 1 N–H and O–H groups in total. The van der Waals surface area contributed by atoms with Crippen LogP contribution in [0.3, 0.4) is 0 Å². The molecule has 1 saturated heterocycles. The van der Waals surface area contributed by atoms with Crippen LogP contribution in [-0.2, 0) is 14.3 Å². The molecule has 2 saturated carbocycles. The third-order valence-electron chi connectivity index (χ3n) is 4.00. The van der Waals surface area contributed by atoms with Crippen LogP contribution in [0.15, 0.2) is 11.6 Å². The molecule has 3 fully saturated rings. The van der Waals surface area contributed by atoms with E-state index < -0.39 is 5.97 Å². The average Bonchev–Trinajstić information content (AvgIpc) is 2.81. The maximum atomic E-state index is 10.6. The highest BCUT2D eigenvalue weighted by molar-refractivity contribution is 5.80. The summed E-state index contributed by atoms with van der Waals surface area (Å²) < 4.78 is 11.4. The van der Waals surface area contributed by atoms with Crippen molar-refractivity contribution in [1.82, 2.24) is 0 Å². The van der Waals surface area contributed by atoms with Crippen molar-refractivity contribution in [2.75, 3.05) is 13.2 Å². The monoisotopic (exact) mass is 224 g/mol. The van der Waals surface area contributed by atoms with Crippen LogP contribution in [-0.4, -0.2) is 30.1 Å². The van der Waals surface area contributed by atoms with Gasteiger partial charge in [-0.3, -0.25) is 0 Å². The second kappa shape index (κ2) is 3.57. The molecule has 16 heavy (non-hydrogen) atoms. The Kier molecular flexibility index (Phi) is 2.30. The highest BCUT2D eigenvalue weighted by Crippen LogP contribution is 2.53. The van der Waals surface area contributed by atoms with E-state index in [4.69, 9.17) is 14.6 Å². The first-order chi connectivity index (χ1) is 7.67. The van der Waals surface area contributed by atoms with E-state index >= 15 is 0 Å². The van der Waals surface area contributed by atoms with E-state index in [0.717, 1.165) is 31.3 Å². The van der Waals surface area contributed by atoms with Crippen LogP contribution >= 0.6 is 0 Å². The summed E-state index contributed by atoms with van der Waals surface area (Å²) in [5.74, 6) is -0.0187. The summed E-state index contributed by atoms with van der Waals surface area (Å²) in [6.07, 6.45) is 5.07. The maximum absolute atomic E-state index is 10.6. The minimum atomic E-state index is -0.821. The van der Waals surface area contributed by atoms with E-state index in [-0.39, 0.29) is 5.79 Å². The number of rotatable bonds is 1. The highest BCUT2D eigenvalue weighted by atomic mass is 16.7. The molecule has 1 aliphatic heterocycles. The number of carbonyl (C=O) groups is 1. The van der Waals surface area contributed by atoms with Crippen molar-refractivity contribution < 1.29 is 19.4 Å². The maximum Gasteiger partial charge on any atom is 0.328 e. The Balaban J connectivity index is 1.69. The minimum Gasteiger partial charge on any atom is -0.478 e. The van der Waals surface area contributed by atoms with Gasteiger partial charge in [0.25, 0.3) is 0 Å². The zero-order valence-electron chi connectivity index (χ0n) is 9.15. The van der Waals surface area contributed by atoms with Crippen molar-refractivity contribution in [3.8, 4) is 0 Å². The lowest BCUT2D eigenvalue weighted by Crippen LogP contribution is -2.26. The quantitative estimate of drug-likeness (QED) is 0.687. The molecule has 2 atom stereocenters. The standard InChI is InChI=1S/C12H16O4/c13-11(14)5-8-3-9-6-12(7-10(9)4-8)15-1-2-16-12/h5,9-10H,1-4,6-7H2,(H,13,14)/t9-,10+. The fourth-order valence-corrected chi connectivity index (χ4v) is 3.48. The molecular formula is C12H16O4. The largest absolute Gasteiger partial charge is 0.478 e. The van der Waals surface area contributed by atoms with Gasteiger partial charge in [-0.05, 0) is 24.7 Å². The van der Waals surface area contributed by atoms with E-state index in [1.807, 2.05) is 0 Å². The topological polar surface area (TPSA) is 55.8 Å². The molecule has 0 aromatic carbocycles. The number of ether oxygens (including phenoxy) is 2. The smallest absolute Gasteiger partial charge is 0.328 e. The second-order valence-corrected chi connectivity index (χ2v) is 5.09. The number of fused-ring (bicyclic) bond motifs is 1. The zero-order chi connectivity index (χ0) is 11.2. The van der Waals surface area contributed by atoms with Crippen LogP contribution < -0.4 is 0 Å². The molecular weight excluding hydrogens is 208 g/mol. The third-order valence-corrected chi connectivity index (χ3v) is 4.00. The number of allylic oxidation sites excluding steroid dienone is 1. The average molecular weight is 224 g/mol. The van der Waals surface area contributed by atoms with Gasteiger partial charge in [0.1, 0.15) is 0 Å². The first-order valence-corrected chi connectivity index (χ1v) is 5.87. The molecule has 0 aromatic heterocycles. The van der Waals surface area contributed by atoms with E-state index in [1.165, 1.54) is 6.08 Å². The summed E-state index contributed by atoms with van der Waals surface area (Å²) in [7, 11) is 0. The Morgan fingerprint density at radius 2 is 1.81 bits per heavy atom. The fourth-order valence-electron chi connectivity index (χ4n) is 3.48. The molecule has 4 nitrogen and oxygen atoms in total. The zero-order valence-corrected chi connectivity index (χ0v) is 9.15. The molecule has 4 heteroatoms. The van der Waals surface area contributed by atoms with Crippen molar-refractivity contribution in [1.29, 1.82) is 0 Å². The molecule has 0 bridgehead atoms. The van der Waals surface area contributed by atoms with Crippen LogP contribution in [0.4, 0.5) is 0 Å². The van der Waals surface area contributed by atoms with Crippen LogP contribution in [0, 0.1) is 11.8 Å². The summed E-state index contributed by atoms with van der Waals surface area (Å²) >= 11 is 0. The van der Waals surface area contributed by atoms with Crippen LogP contribution in [0.5, 0.6) is 0 Å². The minimum absolute atomic E-state index is 0.315. The Labute approximate surface area is 94.2 Å². The summed E-state index contributed by atoms with van der Waals surface area (Å²) in [5, 5.41) is 8.72. The first kappa shape index (κ1) is 10.3. The van der Waals surface area contributed by atoms with Crippen molar-refractivity contribution >= 4 is 5.97 Å². The van der Waals surface area contributed by atoms with Gasteiger partial charge in [-0.2, -0.15) is 0 Å². The normalized spacial score (nSPS) is 38.4. The number of hydrogen-bond donors (Lipinski definition) is 1. The molecule has 0 radical (unpaired) electrons. The molecule has 0 unspecified atom stereocenters. The Morgan fingerprint density at radius 1 is 1.25 bits per heavy atom. The summed E-state index contributed by atoms with van der Waals surface area (Å²) in [4.78, 5) is 10.6. The Morgan fingerprint density at radius 3 is 2.31 bits per heavy atom. The first-order valence-electron chi connectivity index (χ1n) is 5.87. The van der Waals surface area contributed by atoms with Crippen LogP contribution in [0.1, 0.15) is 25.7 Å². The van der Waals surface area contributed by atoms with Crippen LogP contribution in [0.25, 0.3) is 0 Å². The van der Waals surface area contributed by atoms with Gasteiger partial charge < -0.3 is 14.6 Å². The number of hydrogen-bond acceptors (Lipinski definition) is 3. The van der Waals surface area contributed by atoms with Gasteiger partial charge in [0.2, 0.25) is 0 Å². The van der Waals surface area contributed by atoms with Gasteiger partial charge >= 0.3 is 5.97 Å². The van der Waals surface area contributed by atoms with Crippen molar-refractivity contribution in [2.45, 2.75) is 31.5 Å². The Bertz CT molecular complexity index is 323.